The third-order valence-electron chi connectivity index (χ3n) is 7.08. The van der Waals surface area contributed by atoms with Crippen LogP contribution in [0.5, 0.6) is 0 Å². The molecule has 0 N–H and O–H groups in total. The highest BCUT2D eigenvalue weighted by molar-refractivity contribution is 5.79. The van der Waals surface area contributed by atoms with Crippen molar-refractivity contribution < 1.29 is 9.53 Å². The first-order valence-corrected chi connectivity index (χ1v) is 10.8. The summed E-state index contributed by atoms with van der Waals surface area (Å²) in [5, 5.41) is 0. The summed E-state index contributed by atoms with van der Waals surface area (Å²) in [4.78, 5) is 17.7. The highest BCUT2D eigenvalue weighted by Gasteiger charge is 2.47. The van der Waals surface area contributed by atoms with Gasteiger partial charge in [0.15, 0.2) is 0 Å². The van der Waals surface area contributed by atoms with Gasteiger partial charge in [-0.1, -0.05) is 29.8 Å². The lowest BCUT2D eigenvalue weighted by Crippen LogP contribution is -2.58. The largest absolute Gasteiger partial charge is 0.375 e. The van der Waals surface area contributed by atoms with Gasteiger partial charge in [-0.05, 0) is 70.5 Å². The summed E-state index contributed by atoms with van der Waals surface area (Å²) in [5.41, 5.74) is 2.44. The molecule has 4 heteroatoms. The number of carbonyl (C=O) groups excluding carboxylic acids is 1. The van der Waals surface area contributed by atoms with E-state index in [1.807, 2.05) is 7.05 Å². The molecule has 0 radical (unpaired) electrons. The summed E-state index contributed by atoms with van der Waals surface area (Å²) >= 11 is 0. The van der Waals surface area contributed by atoms with E-state index in [-0.39, 0.29) is 11.5 Å². The van der Waals surface area contributed by atoms with Crippen LogP contribution in [0.4, 0.5) is 0 Å². The molecule has 3 aliphatic rings. The monoisotopic (exact) mass is 370 g/mol. The number of benzene rings is 1. The molecule has 1 aliphatic carbocycles. The normalized spacial score (nSPS) is 31.5. The second-order valence-electron chi connectivity index (χ2n) is 8.92. The van der Waals surface area contributed by atoms with Gasteiger partial charge in [0, 0.05) is 25.7 Å². The maximum absolute atomic E-state index is 13.0. The zero-order valence-corrected chi connectivity index (χ0v) is 17.0. The third-order valence-corrected chi connectivity index (χ3v) is 7.08. The second kappa shape index (κ2) is 7.92. The fourth-order valence-electron chi connectivity index (χ4n) is 5.42. The molecule has 1 amide bonds. The van der Waals surface area contributed by atoms with Gasteiger partial charge >= 0.3 is 0 Å². The minimum Gasteiger partial charge on any atom is -0.375 e. The van der Waals surface area contributed by atoms with Crippen molar-refractivity contribution in [3.63, 3.8) is 0 Å². The van der Waals surface area contributed by atoms with E-state index >= 15 is 0 Å². The Kier molecular flexibility index (Phi) is 5.56. The maximum atomic E-state index is 13.0. The average Bonchev–Trinajstić information content (AvgIpc) is 3.35. The van der Waals surface area contributed by atoms with Gasteiger partial charge in [0.25, 0.3) is 0 Å². The maximum Gasteiger partial charge on any atom is 0.227 e. The van der Waals surface area contributed by atoms with Crippen LogP contribution in [-0.2, 0) is 16.0 Å². The molecule has 1 spiro atoms. The zero-order chi connectivity index (χ0) is 18.9. The molecule has 4 nitrogen and oxygen atoms in total. The van der Waals surface area contributed by atoms with Crippen molar-refractivity contribution in [1.29, 1.82) is 0 Å². The molecular weight excluding hydrogens is 336 g/mol. The van der Waals surface area contributed by atoms with Crippen molar-refractivity contribution in [2.75, 3.05) is 26.7 Å². The summed E-state index contributed by atoms with van der Waals surface area (Å²) in [6, 6.07) is 9.12. The van der Waals surface area contributed by atoms with Crippen molar-refractivity contribution in [1.82, 2.24) is 9.80 Å². The number of ether oxygens (including phenoxy) is 1. The predicted octanol–water partition coefficient (Wildman–Crippen LogP) is 3.56. The van der Waals surface area contributed by atoms with E-state index in [1.54, 1.807) is 0 Å². The van der Waals surface area contributed by atoms with E-state index in [1.165, 1.54) is 44.3 Å². The van der Waals surface area contributed by atoms with E-state index in [4.69, 9.17) is 4.74 Å². The van der Waals surface area contributed by atoms with Crippen LogP contribution >= 0.6 is 0 Å². The molecule has 3 fully saturated rings. The Balaban J connectivity index is 1.47. The zero-order valence-electron chi connectivity index (χ0n) is 17.0. The van der Waals surface area contributed by atoms with Gasteiger partial charge in [-0.3, -0.25) is 9.69 Å². The summed E-state index contributed by atoms with van der Waals surface area (Å²) in [6.07, 6.45) is 8.74. The number of amides is 1. The van der Waals surface area contributed by atoms with Crippen LogP contribution in [0.3, 0.4) is 0 Å². The molecule has 1 aromatic rings. The fourth-order valence-corrected chi connectivity index (χ4v) is 5.42. The Bertz CT molecular complexity index is 645. The first-order valence-electron chi connectivity index (χ1n) is 10.8. The van der Waals surface area contributed by atoms with Crippen LogP contribution < -0.4 is 0 Å². The molecule has 3 unspecified atom stereocenters. The summed E-state index contributed by atoms with van der Waals surface area (Å²) in [7, 11) is 2.03. The molecule has 2 heterocycles. The highest BCUT2D eigenvalue weighted by Crippen LogP contribution is 2.42. The van der Waals surface area contributed by atoms with Crippen molar-refractivity contribution in [3.8, 4) is 0 Å². The number of nitrogens with zero attached hydrogens (tertiary/aromatic N) is 2. The van der Waals surface area contributed by atoms with Crippen LogP contribution in [0.1, 0.15) is 56.1 Å². The number of hydrogen-bond donors (Lipinski definition) is 0. The quantitative estimate of drug-likeness (QED) is 0.812. The standard InChI is InChI=1S/C23H34N2O2/c1-18-6-8-19(9-7-18)16-22(26)24(2)20-10-12-23(11-5-15-27-23)17-21(20)25-13-3-4-14-25/h6-9,20-21H,3-5,10-17H2,1-2H3. The molecule has 148 valence electrons. The molecule has 1 saturated carbocycles. The molecule has 27 heavy (non-hydrogen) atoms. The topological polar surface area (TPSA) is 32.8 Å². The van der Waals surface area contributed by atoms with E-state index in [0.717, 1.165) is 31.4 Å². The lowest BCUT2D eigenvalue weighted by atomic mass is 9.76. The van der Waals surface area contributed by atoms with E-state index in [9.17, 15) is 4.79 Å². The fraction of sp³-hybridized carbons (Fsp3) is 0.696. The minimum absolute atomic E-state index is 0.0879. The SMILES string of the molecule is Cc1ccc(CC(=O)N(C)C2CCC3(CCCO3)CC2N2CCCC2)cc1. The Morgan fingerprint density at radius 1 is 1.19 bits per heavy atom. The second-order valence-corrected chi connectivity index (χ2v) is 8.92. The van der Waals surface area contributed by atoms with Crippen molar-refractivity contribution >= 4 is 5.91 Å². The number of rotatable bonds is 4. The average molecular weight is 371 g/mol. The molecule has 3 atom stereocenters. The number of likely N-dealkylation sites (tertiary alicyclic amines) is 1. The van der Waals surface area contributed by atoms with Crippen LogP contribution in [0.25, 0.3) is 0 Å². The minimum atomic E-state index is 0.0879. The van der Waals surface area contributed by atoms with Crippen LogP contribution in [0, 0.1) is 6.92 Å². The van der Waals surface area contributed by atoms with Crippen molar-refractivity contribution in [2.45, 2.75) is 76.0 Å². The van der Waals surface area contributed by atoms with Gasteiger partial charge in [-0.15, -0.1) is 0 Å². The molecular formula is C23H34N2O2. The lowest BCUT2D eigenvalue weighted by molar-refractivity contribution is -0.136. The Morgan fingerprint density at radius 3 is 2.59 bits per heavy atom. The predicted molar refractivity (Wildman–Crippen MR) is 108 cm³/mol. The van der Waals surface area contributed by atoms with Crippen LogP contribution in [0.2, 0.25) is 0 Å². The van der Waals surface area contributed by atoms with Crippen molar-refractivity contribution in [3.05, 3.63) is 35.4 Å². The van der Waals surface area contributed by atoms with Crippen LogP contribution in [-0.4, -0.2) is 60.1 Å². The van der Waals surface area contributed by atoms with Crippen molar-refractivity contribution in [2.24, 2.45) is 0 Å². The number of hydrogen-bond acceptors (Lipinski definition) is 3. The van der Waals surface area contributed by atoms with Gasteiger partial charge in [0.2, 0.25) is 5.91 Å². The first kappa shape index (κ1) is 18.9. The first-order chi connectivity index (χ1) is 13.1. The number of likely N-dealkylation sites (N-methyl/N-ethyl adjacent to an activating group) is 1. The Labute approximate surface area is 163 Å². The summed E-state index contributed by atoms with van der Waals surface area (Å²) in [6.45, 7) is 5.36. The molecule has 1 aromatic carbocycles. The molecule has 2 aliphatic heterocycles. The Hall–Kier alpha value is -1.39. The van der Waals surface area contributed by atoms with E-state index < -0.39 is 0 Å². The number of aryl methyl sites for hydroxylation is 1. The van der Waals surface area contributed by atoms with Gasteiger partial charge in [-0.2, -0.15) is 0 Å². The van der Waals surface area contributed by atoms with E-state index in [0.29, 0.717) is 18.5 Å². The lowest BCUT2D eigenvalue weighted by Gasteiger charge is -2.48. The van der Waals surface area contributed by atoms with Gasteiger partial charge < -0.3 is 9.64 Å². The van der Waals surface area contributed by atoms with E-state index in [2.05, 4.69) is 41.0 Å². The molecule has 2 saturated heterocycles. The third kappa shape index (κ3) is 4.07. The smallest absolute Gasteiger partial charge is 0.227 e. The van der Waals surface area contributed by atoms with Gasteiger partial charge in [0.1, 0.15) is 0 Å². The van der Waals surface area contributed by atoms with Gasteiger partial charge in [0.05, 0.1) is 12.0 Å². The highest BCUT2D eigenvalue weighted by atomic mass is 16.5. The van der Waals surface area contributed by atoms with Crippen LogP contribution in [0.15, 0.2) is 24.3 Å². The summed E-state index contributed by atoms with van der Waals surface area (Å²) < 4.78 is 6.24. The molecule has 4 rings (SSSR count). The van der Waals surface area contributed by atoms with Gasteiger partial charge in [-0.25, -0.2) is 0 Å². The summed E-state index contributed by atoms with van der Waals surface area (Å²) in [5.74, 6) is 0.247. The molecule has 0 bridgehead atoms. The molecule has 0 aromatic heterocycles. The Morgan fingerprint density at radius 2 is 1.93 bits per heavy atom. The number of carbonyl (C=O) groups is 1.